The first-order chi connectivity index (χ1) is 27.4. The van der Waals surface area contributed by atoms with Gasteiger partial charge in [-0.05, 0) is 48.2 Å². The number of anilines is 2. The Morgan fingerprint density at radius 3 is 2.39 bits per heavy atom. The molecule has 7 rings (SSSR count). The molecule has 15 nitrogen and oxygen atoms in total. The Balaban J connectivity index is 1.24. The van der Waals surface area contributed by atoms with E-state index in [9.17, 15) is 18.9 Å². The van der Waals surface area contributed by atoms with Crippen LogP contribution in [0, 0.1) is 17.2 Å². The van der Waals surface area contributed by atoms with Gasteiger partial charge in [0, 0.05) is 64.4 Å². The smallest absolute Gasteiger partial charge is 0.370 e. The molecule has 0 bridgehead atoms. The summed E-state index contributed by atoms with van der Waals surface area (Å²) in [4.78, 5) is 30.4. The number of aromatic nitrogens is 6. The molecule has 1 saturated heterocycles. The molecule has 57 heavy (non-hydrogen) atoms. The van der Waals surface area contributed by atoms with Crippen molar-refractivity contribution in [1.82, 2.24) is 29.9 Å². The number of rotatable bonds is 15. The van der Waals surface area contributed by atoms with Gasteiger partial charge in [0.2, 0.25) is 0 Å². The van der Waals surface area contributed by atoms with Crippen molar-refractivity contribution in [2.24, 2.45) is 5.92 Å². The molecule has 0 aliphatic carbocycles. The standard InChI is InChI=1S/C36H33Cl4N9O6P2/c37-29-5-3-25-27(12-31(46-35(25)33(29)39)42-8-2-10-57(51,52)53)23-16-45-49(18-23)24-11-21(20-55-56(50)54-9-1-7-41)17-48(19-24)32-13-28(22-14-43-44-15-22)26-4-6-30(38)34(40)36(26)47-32/h3-6,12-16,18,21,24H,1-2,8-11,17,19-20H2,(H3-,42,43,44,46,51,52,53)/p+1. The van der Waals surface area contributed by atoms with Crippen molar-refractivity contribution in [1.29, 1.82) is 5.26 Å². The number of aromatic amines is 1. The third-order valence-electron chi connectivity index (χ3n) is 9.43. The van der Waals surface area contributed by atoms with Crippen LogP contribution in [0.4, 0.5) is 11.6 Å². The summed E-state index contributed by atoms with van der Waals surface area (Å²) in [5.74, 6) is 0.911. The lowest BCUT2D eigenvalue weighted by molar-refractivity contribution is 0.172. The Kier molecular flexibility index (Phi) is 13.0. The van der Waals surface area contributed by atoms with Crippen molar-refractivity contribution < 1.29 is 28.0 Å². The van der Waals surface area contributed by atoms with Crippen LogP contribution >= 0.6 is 62.3 Å². The van der Waals surface area contributed by atoms with Crippen molar-refractivity contribution in [3.05, 3.63) is 81.3 Å². The lowest BCUT2D eigenvalue weighted by Gasteiger charge is -2.38. The largest absolute Gasteiger partial charge is 0.697 e. The molecule has 0 amide bonds. The number of hydrogen-bond acceptors (Lipinski definition) is 11. The van der Waals surface area contributed by atoms with Crippen LogP contribution in [0.1, 0.15) is 25.3 Å². The molecular formula is C36H34Cl4N9O6P2+. The Morgan fingerprint density at radius 1 is 0.982 bits per heavy atom. The van der Waals surface area contributed by atoms with E-state index >= 15 is 0 Å². The molecule has 1 fully saturated rings. The molecular weight excluding hydrogens is 858 g/mol. The highest BCUT2D eigenvalue weighted by atomic mass is 35.5. The molecule has 4 aromatic heterocycles. The quantitative estimate of drug-likeness (QED) is 0.0561. The Labute approximate surface area is 347 Å². The third kappa shape index (κ3) is 9.70. The second-order valence-electron chi connectivity index (χ2n) is 13.4. The van der Waals surface area contributed by atoms with Gasteiger partial charge in [-0.25, -0.2) is 9.97 Å². The zero-order valence-electron chi connectivity index (χ0n) is 29.9. The summed E-state index contributed by atoms with van der Waals surface area (Å²) in [5.41, 5.74) is 4.17. The Bertz CT molecular complexity index is 2530. The highest BCUT2D eigenvalue weighted by Gasteiger charge is 2.34. The number of benzene rings is 2. The van der Waals surface area contributed by atoms with Crippen LogP contribution in [0.2, 0.25) is 20.1 Å². The first-order valence-corrected chi connectivity index (χ1v) is 22.0. The molecule has 6 aromatic rings. The van der Waals surface area contributed by atoms with Crippen LogP contribution in [0.15, 0.2) is 61.2 Å². The van der Waals surface area contributed by atoms with Crippen molar-refractivity contribution in [2.45, 2.75) is 25.3 Å². The minimum Gasteiger partial charge on any atom is -0.370 e. The zero-order chi connectivity index (χ0) is 40.3. The molecule has 296 valence electrons. The summed E-state index contributed by atoms with van der Waals surface area (Å²) < 4.78 is 36.7. The minimum absolute atomic E-state index is 0.00591. The topological polar surface area (TPSA) is 204 Å². The van der Waals surface area contributed by atoms with Crippen LogP contribution in [-0.2, 0) is 18.2 Å². The average molecular weight is 892 g/mol. The lowest BCUT2D eigenvalue weighted by atomic mass is 9.94. The number of nitrogens with zero attached hydrogens (tertiary/aromatic N) is 7. The first kappa shape index (κ1) is 41.3. The number of hydrogen-bond donors (Lipinski definition) is 4. The van der Waals surface area contributed by atoms with Gasteiger partial charge in [0.15, 0.2) is 0 Å². The molecule has 1 aliphatic heterocycles. The molecule has 2 aromatic carbocycles. The number of piperidine rings is 1. The van der Waals surface area contributed by atoms with Crippen molar-refractivity contribution >= 4 is 95.7 Å². The Morgan fingerprint density at radius 2 is 1.70 bits per heavy atom. The van der Waals surface area contributed by atoms with E-state index in [0.29, 0.717) is 57.2 Å². The SMILES string of the molecule is N#CCCO[P+](=O)OCC1CC(n2cc(-c3cc(NCCCP(=O)(O)O)nc4c(Cl)c(Cl)ccc34)cn2)CN(c2cc(-c3cn[nH]c3)c3ccc(Cl)c(Cl)c3n2)C1. The monoisotopic (exact) mass is 890 g/mol. The van der Waals surface area contributed by atoms with E-state index < -0.39 is 15.9 Å². The maximum atomic E-state index is 12.6. The van der Waals surface area contributed by atoms with E-state index in [1.165, 1.54) is 0 Å². The highest BCUT2D eigenvalue weighted by molar-refractivity contribution is 7.51. The van der Waals surface area contributed by atoms with Gasteiger partial charge in [-0.1, -0.05) is 58.5 Å². The van der Waals surface area contributed by atoms with Crippen LogP contribution in [0.3, 0.4) is 0 Å². The first-order valence-electron chi connectivity index (χ1n) is 17.6. The van der Waals surface area contributed by atoms with Crippen LogP contribution in [-0.4, -0.2) is 78.7 Å². The summed E-state index contributed by atoms with van der Waals surface area (Å²) in [6, 6.07) is 12.7. The summed E-state index contributed by atoms with van der Waals surface area (Å²) in [6.45, 7) is 1.32. The van der Waals surface area contributed by atoms with Crippen molar-refractivity contribution in [2.75, 3.05) is 49.2 Å². The van der Waals surface area contributed by atoms with E-state index in [1.807, 2.05) is 41.2 Å². The summed E-state index contributed by atoms with van der Waals surface area (Å²) in [6.07, 6.45) is 7.81. The van der Waals surface area contributed by atoms with Crippen molar-refractivity contribution in [3.8, 4) is 28.3 Å². The van der Waals surface area contributed by atoms with Crippen LogP contribution in [0.5, 0.6) is 0 Å². The lowest BCUT2D eigenvalue weighted by Crippen LogP contribution is -2.43. The molecule has 0 spiro atoms. The molecule has 5 heterocycles. The van der Waals surface area contributed by atoms with E-state index in [4.69, 9.17) is 70.8 Å². The number of H-pyrrole nitrogens is 1. The van der Waals surface area contributed by atoms with Crippen LogP contribution in [0.25, 0.3) is 44.1 Å². The van der Waals surface area contributed by atoms with Gasteiger partial charge in [-0.15, -0.1) is 9.05 Å². The normalized spacial score (nSPS) is 16.3. The number of fused-ring (bicyclic) bond motifs is 2. The summed E-state index contributed by atoms with van der Waals surface area (Å²) in [5, 5.41) is 26.6. The summed E-state index contributed by atoms with van der Waals surface area (Å²) >= 11 is 26.3. The third-order valence-corrected chi connectivity index (χ3v) is 12.7. The predicted octanol–water partition coefficient (Wildman–Crippen LogP) is 9.30. The van der Waals surface area contributed by atoms with E-state index in [0.717, 1.165) is 33.0 Å². The van der Waals surface area contributed by atoms with Gasteiger partial charge in [-0.3, -0.25) is 14.3 Å². The average Bonchev–Trinajstić information content (AvgIpc) is 3.92. The van der Waals surface area contributed by atoms with Gasteiger partial charge in [-0.2, -0.15) is 15.5 Å². The maximum Gasteiger partial charge on any atom is 0.697 e. The van der Waals surface area contributed by atoms with Crippen LogP contribution < -0.4 is 10.2 Å². The zero-order valence-corrected chi connectivity index (χ0v) is 34.7. The second kappa shape index (κ2) is 17.9. The van der Waals surface area contributed by atoms with E-state index in [2.05, 4.69) is 25.4 Å². The second-order valence-corrected chi connectivity index (χ2v) is 17.7. The minimum atomic E-state index is -4.15. The fourth-order valence-electron chi connectivity index (χ4n) is 6.80. The number of nitriles is 1. The highest BCUT2D eigenvalue weighted by Crippen LogP contribution is 2.41. The fourth-order valence-corrected chi connectivity index (χ4v) is 8.74. The van der Waals surface area contributed by atoms with Gasteiger partial charge in [0.05, 0.1) is 68.2 Å². The summed E-state index contributed by atoms with van der Waals surface area (Å²) in [7, 11) is -6.60. The molecule has 21 heteroatoms. The molecule has 3 unspecified atom stereocenters. The number of halogens is 4. The maximum absolute atomic E-state index is 12.6. The van der Waals surface area contributed by atoms with Crippen molar-refractivity contribution in [3.63, 3.8) is 0 Å². The van der Waals surface area contributed by atoms with Gasteiger partial charge in [0.1, 0.15) is 24.8 Å². The van der Waals surface area contributed by atoms with Gasteiger partial charge in [0.25, 0.3) is 0 Å². The molecule has 4 N–H and O–H groups in total. The number of nitrogens with one attached hydrogen (secondary N) is 2. The molecule has 0 saturated carbocycles. The van der Waals surface area contributed by atoms with E-state index in [-0.39, 0.29) is 55.7 Å². The van der Waals surface area contributed by atoms with E-state index in [1.54, 1.807) is 30.7 Å². The Hall–Kier alpha value is -3.90. The molecule has 1 aliphatic rings. The van der Waals surface area contributed by atoms with Gasteiger partial charge >= 0.3 is 15.9 Å². The predicted molar refractivity (Wildman–Crippen MR) is 221 cm³/mol. The fraction of sp³-hybridized carbons (Fsp3) is 0.306. The van der Waals surface area contributed by atoms with Gasteiger partial charge < -0.3 is 20.0 Å². The molecule has 3 atom stereocenters. The molecule has 0 radical (unpaired) electrons. The number of pyridine rings is 2.